The van der Waals surface area contributed by atoms with Crippen LogP contribution in [-0.2, 0) is 0 Å². The molecule has 6 heteroatoms. The van der Waals surface area contributed by atoms with Crippen molar-refractivity contribution >= 4 is 155 Å². The molecule has 0 N–H and O–H groups in total. The summed E-state index contributed by atoms with van der Waals surface area (Å²) in [5.41, 5.74) is 21.9. The van der Waals surface area contributed by atoms with Gasteiger partial charge in [0, 0.05) is 88.0 Å². The van der Waals surface area contributed by atoms with Crippen molar-refractivity contribution in [2.75, 3.05) is 9.80 Å². The van der Waals surface area contributed by atoms with Gasteiger partial charge in [-0.15, -0.1) is 0 Å². The van der Waals surface area contributed by atoms with Crippen LogP contribution in [0.3, 0.4) is 0 Å². The number of para-hydroxylation sites is 8. The van der Waals surface area contributed by atoms with E-state index in [1.807, 2.05) is 0 Å². The molecule has 5 aromatic heterocycles. The fraction of sp³-hybridized carbons (Fsp3) is 0. The van der Waals surface area contributed by atoms with Gasteiger partial charge in [0.2, 0.25) is 0 Å². The van der Waals surface area contributed by atoms with Crippen molar-refractivity contribution in [3.8, 4) is 5.69 Å². The summed E-state index contributed by atoms with van der Waals surface area (Å²) in [5, 5.41) is 12.7. The minimum absolute atomic E-state index is 0.121. The monoisotopic (exact) mass is 911 g/mol. The molecule has 0 amide bonds. The van der Waals surface area contributed by atoms with Gasteiger partial charge < -0.3 is 23.2 Å². The highest BCUT2D eigenvalue weighted by Gasteiger charge is 2.45. The van der Waals surface area contributed by atoms with Crippen molar-refractivity contribution in [1.29, 1.82) is 0 Å². The number of aromatic nitrogens is 3. The van der Waals surface area contributed by atoms with Gasteiger partial charge in [0.25, 0.3) is 6.71 Å². The molecule has 0 atom stereocenters. The Morgan fingerprint density at radius 1 is 0.250 bits per heavy atom. The molecule has 7 heterocycles. The molecule has 2 aliphatic rings. The third-order valence-electron chi connectivity index (χ3n) is 16.6. The van der Waals surface area contributed by atoms with Crippen LogP contribution in [0.1, 0.15) is 0 Å². The second-order valence-corrected chi connectivity index (χ2v) is 20.0. The summed E-state index contributed by atoms with van der Waals surface area (Å²) in [6.45, 7) is -0.121. The van der Waals surface area contributed by atoms with E-state index in [1.54, 1.807) is 0 Å². The summed E-state index contributed by atoms with van der Waals surface area (Å²) in [7, 11) is 0. The zero-order valence-electron chi connectivity index (χ0n) is 38.8. The van der Waals surface area contributed by atoms with E-state index in [-0.39, 0.29) is 6.71 Å². The Labute approximate surface area is 412 Å². The highest BCUT2D eigenvalue weighted by Crippen LogP contribution is 2.50. The molecule has 0 spiro atoms. The van der Waals surface area contributed by atoms with E-state index in [9.17, 15) is 0 Å². The first-order chi connectivity index (χ1) is 35.8. The highest BCUT2D eigenvalue weighted by molar-refractivity contribution is 7.00. The lowest BCUT2D eigenvalue weighted by Gasteiger charge is -2.44. The highest BCUT2D eigenvalue weighted by atomic mass is 15.2. The lowest BCUT2D eigenvalue weighted by Crippen LogP contribution is -2.61. The van der Waals surface area contributed by atoms with E-state index in [0.717, 1.165) is 17.1 Å². The van der Waals surface area contributed by atoms with Crippen LogP contribution in [0, 0.1) is 0 Å². The SMILES string of the molecule is c1ccc(N2c3cc4c5cccc6c7ccccc7n(c4cc3B3c4cc7c(cc4N(c4ccccc4)c4cc(-n8c9ccccc9c9ccccc98)cc2c43)c2cccc3c4ccccc4n7c32)c65)cc1. The second-order valence-electron chi connectivity index (χ2n) is 20.0. The van der Waals surface area contributed by atoms with Crippen molar-refractivity contribution in [2.24, 2.45) is 0 Å². The van der Waals surface area contributed by atoms with Gasteiger partial charge >= 0.3 is 0 Å². The smallest absolute Gasteiger partial charge is 0.252 e. The summed E-state index contributed by atoms with van der Waals surface area (Å²) < 4.78 is 7.59. The van der Waals surface area contributed by atoms with Crippen LogP contribution in [-0.4, -0.2) is 20.1 Å². The molecule has 16 aromatic rings. The first kappa shape index (κ1) is 37.4. The molecule has 72 heavy (non-hydrogen) atoms. The van der Waals surface area contributed by atoms with Crippen molar-refractivity contribution in [3.05, 3.63) is 231 Å². The fourth-order valence-corrected chi connectivity index (χ4v) is 13.9. The van der Waals surface area contributed by atoms with Crippen molar-refractivity contribution in [3.63, 3.8) is 0 Å². The molecule has 0 saturated heterocycles. The van der Waals surface area contributed by atoms with Gasteiger partial charge in [-0.3, -0.25) is 0 Å². The van der Waals surface area contributed by atoms with E-state index in [2.05, 4.69) is 254 Å². The van der Waals surface area contributed by atoms with Gasteiger partial charge in [0.15, 0.2) is 0 Å². The van der Waals surface area contributed by atoms with Gasteiger partial charge in [0.05, 0.1) is 49.8 Å². The number of nitrogens with zero attached hydrogens (tertiary/aromatic N) is 5. The molecule has 0 fully saturated rings. The predicted octanol–water partition coefficient (Wildman–Crippen LogP) is 15.2. The predicted molar refractivity (Wildman–Crippen MR) is 304 cm³/mol. The minimum Gasteiger partial charge on any atom is -0.311 e. The summed E-state index contributed by atoms with van der Waals surface area (Å²) in [6, 6.07) is 86.7. The molecule has 330 valence electrons. The fourth-order valence-electron chi connectivity index (χ4n) is 13.9. The van der Waals surface area contributed by atoms with Gasteiger partial charge in [-0.05, 0) is 101 Å². The maximum Gasteiger partial charge on any atom is 0.252 e. The van der Waals surface area contributed by atoms with Crippen LogP contribution in [0.25, 0.3) is 104 Å². The molecule has 0 aliphatic carbocycles. The third kappa shape index (κ3) is 4.48. The zero-order chi connectivity index (χ0) is 46.5. The van der Waals surface area contributed by atoms with Crippen LogP contribution < -0.4 is 26.2 Å². The van der Waals surface area contributed by atoms with Crippen LogP contribution in [0.15, 0.2) is 231 Å². The number of hydrogen-bond donors (Lipinski definition) is 0. The van der Waals surface area contributed by atoms with Gasteiger partial charge in [-0.2, -0.15) is 0 Å². The molecular formula is C66H38BN5. The maximum absolute atomic E-state index is 2.58. The molecular weight excluding hydrogens is 874 g/mol. The molecule has 2 aliphatic heterocycles. The summed E-state index contributed by atoms with van der Waals surface area (Å²) in [6.07, 6.45) is 0. The third-order valence-corrected chi connectivity index (χ3v) is 16.6. The van der Waals surface area contributed by atoms with Crippen LogP contribution in [0.2, 0.25) is 0 Å². The summed E-state index contributed by atoms with van der Waals surface area (Å²) >= 11 is 0. The topological polar surface area (TPSA) is 20.2 Å². The summed E-state index contributed by atoms with van der Waals surface area (Å²) in [4.78, 5) is 5.16. The molecule has 0 radical (unpaired) electrons. The molecule has 0 unspecified atom stereocenters. The van der Waals surface area contributed by atoms with Crippen molar-refractivity contribution in [1.82, 2.24) is 13.4 Å². The maximum atomic E-state index is 2.58. The lowest BCUT2D eigenvalue weighted by atomic mass is 9.33. The quantitative estimate of drug-likeness (QED) is 0.165. The Morgan fingerprint density at radius 3 is 1.06 bits per heavy atom. The molecule has 18 rings (SSSR count). The second kappa shape index (κ2) is 13.2. The average Bonchev–Trinajstić information content (AvgIpc) is 4.23. The number of anilines is 6. The van der Waals surface area contributed by atoms with E-state index >= 15 is 0 Å². The van der Waals surface area contributed by atoms with Gasteiger partial charge in [0.1, 0.15) is 0 Å². The Kier molecular flexibility index (Phi) is 6.86. The lowest BCUT2D eigenvalue weighted by molar-refractivity contribution is 1.16. The van der Waals surface area contributed by atoms with E-state index in [4.69, 9.17) is 0 Å². The average molecular weight is 912 g/mol. The number of fused-ring (bicyclic) bond motifs is 19. The molecule has 5 nitrogen and oxygen atoms in total. The largest absolute Gasteiger partial charge is 0.311 e. The van der Waals surface area contributed by atoms with E-state index in [0.29, 0.717) is 0 Å². The van der Waals surface area contributed by atoms with Crippen LogP contribution >= 0.6 is 0 Å². The van der Waals surface area contributed by atoms with Crippen molar-refractivity contribution in [2.45, 2.75) is 0 Å². The number of hydrogen-bond acceptors (Lipinski definition) is 2. The van der Waals surface area contributed by atoms with Crippen LogP contribution in [0.4, 0.5) is 34.1 Å². The van der Waals surface area contributed by atoms with Gasteiger partial charge in [-0.25, -0.2) is 0 Å². The van der Waals surface area contributed by atoms with Crippen molar-refractivity contribution < 1.29 is 0 Å². The van der Waals surface area contributed by atoms with E-state index in [1.165, 1.54) is 137 Å². The standard InChI is InChI=1S/C66H38BN5/c1-3-17-39(18-4-1)68-60-35-50-48-27-15-25-46-44-23-9-13-31-56(44)71(65(46)48)58(50)37-52(60)67-53-38-59-51(49-28-16-26-47-45-24-10-14-32-57(45)72(59)66(47)49)36-61(53)69(40-19-5-2-6-20-40)63-34-41(33-62(68)64(63)67)70-54-29-11-7-21-42(54)43-22-8-12-30-55(43)70/h1-38H. The van der Waals surface area contributed by atoms with E-state index < -0.39 is 0 Å². The first-order valence-electron chi connectivity index (χ1n) is 25.1. The normalized spacial score (nSPS) is 13.5. The first-order valence-corrected chi connectivity index (χ1v) is 25.1. The Morgan fingerprint density at radius 2 is 0.611 bits per heavy atom. The zero-order valence-corrected chi connectivity index (χ0v) is 38.8. The molecule has 11 aromatic carbocycles. The Balaban J connectivity index is 1.05. The van der Waals surface area contributed by atoms with Gasteiger partial charge in [-0.1, -0.05) is 146 Å². The Bertz CT molecular complexity index is 4700. The van der Waals surface area contributed by atoms with Crippen LogP contribution in [0.5, 0.6) is 0 Å². The molecule has 0 bridgehead atoms. The molecule has 0 saturated carbocycles. The Hall–Kier alpha value is -9.52. The number of benzene rings is 11. The minimum atomic E-state index is -0.121. The summed E-state index contributed by atoms with van der Waals surface area (Å²) in [5.74, 6) is 0. The number of rotatable bonds is 3.